The lowest BCUT2D eigenvalue weighted by atomic mass is 10.2. The lowest BCUT2D eigenvalue weighted by molar-refractivity contribution is 0.398. The number of hydrogen-bond acceptors (Lipinski definition) is 4. The quantitative estimate of drug-likeness (QED) is 0.676. The van der Waals surface area contributed by atoms with Crippen molar-refractivity contribution in [2.45, 2.75) is 0 Å². The van der Waals surface area contributed by atoms with Gasteiger partial charge in [-0.25, -0.2) is 4.98 Å². The Morgan fingerprint density at radius 2 is 1.57 bits per heavy atom. The molecule has 0 saturated heterocycles. The zero-order chi connectivity index (χ0) is 14.4. The van der Waals surface area contributed by atoms with Crippen LogP contribution in [-0.2, 0) is 0 Å². The number of ether oxygens (including phenoxy) is 1. The number of rotatable bonds is 1. The molecule has 0 fully saturated rings. The number of nitrogens with zero attached hydrogens (tertiary/aromatic N) is 1. The second kappa shape index (κ2) is 8.15. The fraction of sp³-hybridized carbons (Fsp3) is 0.0625. The Morgan fingerprint density at radius 3 is 2.14 bits per heavy atom. The number of phenols is 2. The molecule has 0 aliphatic carbocycles. The van der Waals surface area contributed by atoms with E-state index in [1.54, 1.807) is 49.6 Å². The van der Waals surface area contributed by atoms with Gasteiger partial charge in [0, 0.05) is 11.5 Å². The van der Waals surface area contributed by atoms with E-state index in [0.717, 1.165) is 5.39 Å². The molecule has 0 spiro atoms. The van der Waals surface area contributed by atoms with Crippen LogP contribution in [0.3, 0.4) is 0 Å². The van der Waals surface area contributed by atoms with Crippen molar-refractivity contribution < 1.29 is 14.9 Å². The third-order valence-electron chi connectivity index (χ3n) is 2.64. The monoisotopic (exact) mass is 299 g/mol. The molecular weight excluding hydrogens is 281 g/mol. The molecule has 1 heterocycles. The van der Waals surface area contributed by atoms with E-state index in [-0.39, 0.29) is 23.1 Å². The Balaban J connectivity index is 0.000000236. The number of pyridine rings is 1. The normalized spacial score (nSPS) is 9.19. The standard InChI is InChI=1S/C10H9NO2.C6H6O.Al.3H/c1-13-9-6-5-7-3-2-4-8(12)10(7)11-9;7-6-4-2-1-3-5-6;;;;/h2-6,12H,1H3;1-5,7H;;;;. The highest BCUT2D eigenvalue weighted by atomic mass is 27.0. The van der Waals surface area contributed by atoms with Gasteiger partial charge in [0.15, 0.2) is 17.4 Å². The summed E-state index contributed by atoms with van der Waals surface area (Å²) in [5, 5.41) is 19.0. The third-order valence-corrected chi connectivity index (χ3v) is 2.64. The van der Waals surface area contributed by atoms with E-state index in [2.05, 4.69) is 4.98 Å². The first-order valence-corrected chi connectivity index (χ1v) is 6.07. The summed E-state index contributed by atoms with van der Waals surface area (Å²) in [6.07, 6.45) is 0. The summed E-state index contributed by atoms with van der Waals surface area (Å²) in [5.74, 6) is 1.01. The van der Waals surface area contributed by atoms with Crippen molar-refractivity contribution in [3.8, 4) is 17.4 Å². The van der Waals surface area contributed by atoms with Crippen LogP contribution < -0.4 is 4.74 Å². The van der Waals surface area contributed by atoms with Crippen molar-refractivity contribution in [3.05, 3.63) is 60.7 Å². The van der Waals surface area contributed by atoms with Crippen LogP contribution in [-0.4, -0.2) is 39.7 Å². The third kappa shape index (κ3) is 4.67. The van der Waals surface area contributed by atoms with E-state index in [0.29, 0.717) is 17.1 Å². The van der Waals surface area contributed by atoms with Gasteiger partial charge in [0.2, 0.25) is 5.88 Å². The van der Waals surface area contributed by atoms with Gasteiger partial charge in [-0.15, -0.1) is 0 Å². The first kappa shape index (κ1) is 16.8. The van der Waals surface area contributed by atoms with Crippen LogP contribution in [0.15, 0.2) is 60.7 Å². The SMILES string of the molecule is COc1ccc2cccc(O)c2n1.Oc1ccccc1.[AlH3]. The summed E-state index contributed by atoms with van der Waals surface area (Å²) in [7, 11) is 1.55. The second-order valence-corrected chi connectivity index (χ2v) is 4.04. The molecular formula is C16H18AlNO3. The van der Waals surface area contributed by atoms with Crippen LogP contribution in [0.1, 0.15) is 0 Å². The summed E-state index contributed by atoms with van der Waals surface area (Å²) in [5.41, 5.74) is 0.571. The van der Waals surface area contributed by atoms with Crippen LogP contribution in [0.4, 0.5) is 0 Å². The molecule has 0 bridgehead atoms. The largest absolute Gasteiger partial charge is 0.508 e. The Hall–Kier alpha value is -2.22. The summed E-state index contributed by atoms with van der Waals surface area (Å²) in [6, 6.07) is 17.6. The fourth-order valence-electron chi connectivity index (χ4n) is 1.66. The Bertz CT molecular complexity index is 689. The first-order chi connectivity index (χ1) is 9.70. The molecule has 2 N–H and O–H groups in total. The molecule has 0 aliphatic rings. The van der Waals surface area contributed by atoms with E-state index in [1.807, 2.05) is 18.2 Å². The van der Waals surface area contributed by atoms with Crippen LogP contribution in [0.25, 0.3) is 10.9 Å². The summed E-state index contributed by atoms with van der Waals surface area (Å²) < 4.78 is 4.96. The van der Waals surface area contributed by atoms with Gasteiger partial charge in [0.05, 0.1) is 7.11 Å². The Kier molecular flexibility index (Phi) is 6.54. The van der Waals surface area contributed by atoms with E-state index in [9.17, 15) is 5.11 Å². The molecule has 1 aromatic heterocycles. The fourth-order valence-corrected chi connectivity index (χ4v) is 1.66. The number of methoxy groups -OCH3 is 1. The molecule has 3 aromatic rings. The smallest absolute Gasteiger partial charge is 0.213 e. The Labute approximate surface area is 133 Å². The van der Waals surface area contributed by atoms with Gasteiger partial charge >= 0.3 is 0 Å². The van der Waals surface area contributed by atoms with Gasteiger partial charge in [-0.1, -0.05) is 30.3 Å². The van der Waals surface area contributed by atoms with Crippen LogP contribution in [0.2, 0.25) is 0 Å². The summed E-state index contributed by atoms with van der Waals surface area (Å²) in [4.78, 5) is 4.12. The van der Waals surface area contributed by atoms with Crippen molar-refractivity contribution in [1.29, 1.82) is 0 Å². The van der Waals surface area contributed by atoms with Gasteiger partial charge in [-0.05, 0) is 24.3 Å². The van der Waals surface area contributed by atoms with Gasteiger partial charge < -0.3 is 14.9 Å². The van der Waals surface area contributed by atoms with E-state index < -0.39 is 0 Å². The predicted octanol–water partition coefficient (Wildman–Crippen LogP) is 2.16. The highest BCUT2D eigenvalue weighted by molar-refractivity contribution is 5.84. The van der Waals surface area contributed by atoms with Crippen LogP contribution in [0, 0.1) is 0 Å². The molecule has 3 rings (SSSR count). The predicted molar refractivity (Wildman–Crippen MR) is 88.0 cm³/mol. The number of aromatic nitrogens is 1. The zero-order valence-corrected chi connectivity index (χ0v) is 11.0. The van der Waals surface area contributed by atoms with Crippen LogP contribution in [0.5, 0.6) is 17.4 Å². The number of aromatic hydroxyl groups is 2. The lowest BCUT2D eigenvalue weighted by Crippen LogP contribution is -1.87. The minimum atomic E-state index is 0. The second-order valence-electron chi connectivity index (χ2n) is 4.04. The number of phenolic OH excluding ortho intramolecular Hbond substituents is 2. The lowest BCUT2D eigenvalue weighted by Gasteiger charge is -2.02. The molecule has 108 valence electrons. The van der Waals surface area contributed by atoms with E-state index >= 15 is 0 Å². The molecule has 0 unspecified atom stereocenters. The number of fused-ring (bicyclic) bond motifs is 1. The van der Waals surface area contributed by atoms with Gasteiger partial charge in [0.1, 0.15) is 17.0 Å². The molecule has 0 amide bonds. The molecule has 0 saturated carbocycles. The highest BCUT2D eigenvalue weighted by Gasteiger charge is 2.01. The van der Waals surface area contributed by atoms with Crippen molar-refractivity contribution in [1.82, 2.24) is 4.98 Å². The topological polar surface area (TPSA) is 62.6 Å². The number of hydrogen-bond donors (Lipinski definition) is 2. The van der Waals surface area contributed by atoms with Gasteiger partial charge in [-0.3, -0.25) is 0 Å². The molecule has 0 aliphatic heterocycles. The average Bonchev–Trinajstić information content (AvgIpc) is 2.49. The maximum absolute atomic E-state index is 9.47. The summed E-state index contributed by atoms with van der Waals surface area (Å²) in [6.45, 7) is 0. The highest BCUT2D eigenvalue weighted by Crippen LogP contribution is 2.24. The summed E-state index contributed by atoms with van der Waals surface area (Å²) >= 11 is 0. The molecule has 0 atom stereocenters. The van der Waals surface area contributed by atoms with Crippen molar-refractivity contribution in [2.24, 2.45) is 0 Å². The molecule has 0 radical (unpaired) electrons. The van der Waals surface area contributed by atoms with Gasteiger partial charge in [-0.2, -0.15) is 0 Å². The van der Waals surface area contributed by atoms with Crippen molar-refractivity contribution in [2.75, 3.05) is 7.11 Å². The molecule has 4 nitrogen and oxygen atoms in total. The average molecular weight is 299 g/mol. The zero-order valence-electron chi connectivity index (χ0n) is 11.0. The minimum Gasteiger partial charge on any atom is -0.508 e. The van der Waals surface area contributed by atoms with E-state index in [1.165, 1.54) is 0 Å². The van der Waals surface area contributed by atoms with E-state index in [4.69, 9.17) is 9.84 Å². The van der Waals surface area contributed by atoms with Gasteiger partial charge in [0.25, 0.3) is 0 Å². The first-order valence-electron chi connectivity index (χ1n) is 6.07. The number of benzene rings is 2. The number of para-hydroxylation sites is 2. The van der Waals surface area contributed by atoms with Crippen LogP contribution >= 0.6 is 0 Å². The molecule has 21 heavy (non-hydrogen) atoms. The maximum atomic E-state index is 9.47. The van der Waals surface area contributed by atoms with Crippen molar-refractivity contribution in [3.63, 3.8) is 0 Å². The maximum Gasteiger partial charge on any atom is 0.213 e. The van der Waals surface area contributed by atoms with Crippen molar-refractivity contribution >= 4 is 28.3 Å². The minimum absolute atomic E-state index is 0. The molecule has 5 heteroatoms. The Morgan fingerprint density at radius 1 is 0.857 bits per heavy atom. The molecule has 2 aromatic carbocycles.